The van der Waals surface area contributed by atoms with Crippen LogP contribution in [0.5, 0.6) is 0 Å². The van der Waals surface area contributed by atoms with Crippen molar-refractivity contribution in [3.05, 3.63) is 53.7 Å². The van der Waals surface area contributed by atoms with Crippen molar-refractivity contribution in [3.63, 3.8) is 0 Å². The molecular formula is C14H10F3NO2. The number of carboxylic acid groups (broad SMARTS) is 1. The van der Waals surface area contributed by atoms with Crippen molar-refractivity contribution < 1.29 is 23.1 Å². The van der Waals surface area contributed by atoms with Gasteiger partial charge in [-0.15, -0.1) is 0 Å². The van der Waals surface area contributed by atoms with Crippen molar-refractivity contribution in [1.82, 2.24) is 4.98 Å². The maximum Gasteiger partial charge on any atom is 0.418 e. The molecular weight excluding hydrogens is 271 g/mol. The van der Waals surface area contributed by atoms with Gasteiger partial charge in [0.25, 0.3) is 0 Å². The van der Waals surface area contributed by atoms with E-state index in [0.29, 0.717) is 5.56 Å². The number of nitrogens with zero attached hydrogens (tertiary/aromatic N) is 1. The highest BCUT2D eigenvalue weighted by atomic mass is 19.4. The lowest BCUT2D eigenvalue weighted by Crippen LogP contribution is -2.11. The van der Waals surface area contributed by atoms with E-state index in [1.807, 2.05) is 0 Å². The summed E-state index contributed by atoms with van der Waals surface area (Å²) in [4.78, 5) is 14.4. The zero-order valence-corrected chi connectivity index (χ0v) is 10.2. The van der Waals surface area contributed by atoms with Crippen LogP contribution in [0.25, 0.3) is 11.3 Å². The number of benzene rings is 1. The van der Waals surface area contributed by atoms with E-state index in [1.54, 1.807) is 18.2 Å². The summed E-state index contributed by atoms with van der Waals surface area (Å²) < 4.78 is 39.2. The van der Waals surface area contributed by atoms with E-state index in [-0.39, 0.29) is 11.3 Å². The second kappa shape index (κ2) is 5.32. The first kappa shape index (κ1) is 14.0. The van der Waals surface area contributed by atoms with Gasteiger partial charge in [0.2, 0.25) is 0 Å². The summed E-state index contributed by atoms with van der Waals surface area (Å²) in [5.41, 5.74) is -0.777. The molecule has 0 amide bonds. The second-order valence-corrected chi connectivity index (χ2v) is 4.17. The Kier molecular flexibility index (Phi) is 3.74. The van der Waals surface area contributed by atoms with Crippen LogP contribution in [0.4, 0.5) is 13.2 Å². The zero-order chi connectivity index (χ0) is 14.8. The summed E-state index contributed by atoms with van der Waals surface area (Å²) in [7, 11) is 0. The van der Waals surface area contributed by atoms with Crippen molar-refractivity contribution in [2.75, 3.05) is 0 Å². The van der Waals surface area contributed by atoms with E-state index >= 15 is 0 Å². The third-order valence-corrected chi connectivity index (χ3v) is 2.65. The fourth-order valence-electron chi connectivity index (χ4n) is 1.82. The summed E-state index contributed by atoms with van der Waals surface area (Å²) in [5.74, 6) is -1.20. The number of hydrogen-bond acceptors (Lipinski definition) is 2. The van der Waals surface area contributed by atoms with Gasteiger partial charge in [-0.2, -0.15) is 13.2 Å². The lowest BCUT2D eigenvalue weighted by atomic mass is 10.0. The molecule has 2 rings (SSSR count). The Labute approximate surface area is 112 Å². The predicted molar refractivity (Wildman–Crippen MR) is 66.0 cm³/mol. The second-order valence-electron chi connectivity index (χ2n) is 4.17. The highest BCUT2D eigenvalue weighted by molar-refractivity contribution is 5.71. The lowest BCUT2D eigenvalue weighted by molar-refractivity contribution is -0.138. The highest BCUT2D eigenvalue weighted by Crippen LogP contribution is 2.36. The molecule has 1 aromatic heterocycles. The molecule has 0 aliphatic heterocycles. The number of aromatic nitrogens is 1. The summed E-state index contributed by atoms with van der Waals surface area (Å²) in [6.45, 7) is 0. The number of hydrogen-bond donors (Lipinski definition) is 1. The van der Waals surface area contributed by atoms with Gasteiger partial charge in [0.15, 0.2) is 0 Å². The van der Waals surface area contributed by atoms with Gasteiger partial charge in [-0.3, -0.25) is 9.78 Å². The topological polar surface area (TPSA) is 50.2 Å². The quantitative estimate of drug-likeness (QED) is 0.938. The van der Waals surface area contributed by atoms with Crippen LogP contribution in [0, 0.1) is 0 Å². The zero-order valence-electron chi connectivity index (χ0n) is 10.2. The number of pyridine rings is 1. The molecule has 0 fully saturated rings. The summed E-state index contributed by atoms with van der Waals surface area (Å²) >= 11 is 0. The van der Waals surface area contributed by atoms with Crippen LogP contribution in [0.1, 0.15) is 11.1 Å². The first-order valence-electron chi connectivity index (χ1n) is 5.71. The van der Waals surface area contributed by atoms with Gasteiger partial charge in [0.05, 0.1) is 17.7 Å². The molecule has 1 heterocycles. The number of rotatable bonds is 3. The SMILES string of the molecule is O=C(O)Cc1cnc(-c2ccccc2)c(C(F)(F)F)c1. The molecule has 0 bridgehead atoms. The fourth-order valence-corrected chi connectivity index (χ4v) is 1.82. The lowest BCUT2D eigenvalue weighted by Gasteiger charge is -2.13. The minimum Gasteiger partial charge on any atom is -0.481 e. The number of aliphatic carboxylic acids is 1. The van der Waals surface area contributed by atoms with E-state index in [4.69, 9.17) is 5.11 Å². The Morgan fingerprint density at radius 1 is 1.20 bits per heavy atom. The van der Waals surface area contributed by atoms with Crippen molar-refractivity contribution >= 4 is 5.97 Å². The van der Waals surface area contributed by atoms with Gasteiger partial charge in [0, 0.05) is 11.8 Å². The van der Waals surface area contributed by atoms with Gasteiger partial charge in [0.1, 0.15) is 0 Å². The van der Waals surface area contributed by atoms with Gasteiger partial charge in [-0.25, -0.2) is 0 Å². The fraction of sp³-hybridized carbons (Fsp3) is 0.143. The molecule has 0 saturated carbocycles. The molecule has 0 atom stereocenters. The number of carboxylic acids is 1. The van der Waals surface area contributed by atoms with Crippen molar-refractivity contribution in [3.8, 4) is 11.3 Å². The van der Waals surface area contributed by atoms with Gasteiger partial charge in [-0.05, 0) is 11.6 Å². The van der Waals surface area contributed by atoms with E-state index in [9.17, 15) is 18.0 Å². The number of halogens is 3. The molecule has 6 heteroatoms. The largest absolute Gasteiger partial charge is 0.481 e. The summed E-state index contributed by atoms with van der Waals surface area (Å²) in [5, 5.41) is 8.64. The van der Waals surface area contributed by atoms with Crippen molar-refractivity contribution in [2.24, 2.45) is 0 Å². The van der Waals surface area contributed by atoms with Crippen LogP contribution >= 0.6 is 0 Å². The average molecular weight is 281 g/mol. The molecule has 1 N–H and O–H groups in total. The molecule has 104 valence electrons. The van der Waals surface area contributed by atoms with E-state index in [2.05, 4.69) is 4.98 Å². The normalized spacial score (nSPS) is 11.3. The molecule has 0 spiro atoms. The highest BCUT2D eigenvalue weighted by Gasteiger charge is 2.35. The molecule has 3 nitrogen and oxygen atoms in total. The van der Waals surface area contributed by atoms with Gasteiger partial charge >= 0.3 is 12.1 Å². The Morgan fingerprint density at radius 3 is 2.40 bits per heavy atom. The standard InChI is InChI=1S/C14H10F3NO2/c15-14(16,17)11-6-9(7-12(19)20)8-18-13(11)10-4-2-1-3-5-10/h1-6,8H,7H2,(H,19,20). The maximum atomic E-state index is 13.1. The van der Waals surface area contributed by atoms with Crippen LogP contribution in [-0.4, -0.2) is 16.1 Å². The molecule has 0 aliphatic rings. The Bertz CT molecular complexity index is 624. The molecule has 0 aliphatic carbocycles. The minimum absolute atomic E-state index is 0.0181. The van der Waals surface area contributed by atoms with Crippen LogP contribution in [-0.2, 0) is 17.4 Å². The van der Waals surface area contributed by atoms with Crippen LogP contribution in [0.15, 0.2) is 42.6 Å². The summed E-state index contributed by atoms with van der Waals surface area (Å²) in [6, 6.07) is 8.80. The first-order chi connectivity index (χ1) is 9.38. The summed E-state index contributed by atoms with van der Waals surface area (Å²) in [6.07, 6.45) is -3.93. The van der Waals surface area contributed by atoms with Crippen LogP contribution < -0.4 is 0 Å². The van der Waals surface area contributed by atoms with Crippen LogP contribution in [0.2, 0.25) is 0 Å². The average Bonchev–Trinajstić information content (AvgIpc) is 2.38. The number of carbonyl (C=O) groups is 1. The third-order valence-electron chi connectivity index (χ3n) is 2.65. The smallest absolute Gasteiger partial charge is 0.418 e. The third kappa shape index (κ3) is 3.14. The van der Waals surface area contributed by atoms with E-state index < -0.39 is 24.1 Å². The van der Waals surface area contributed by atoms with Crippen molar-refractivity contribution in [2.45, 2.75) is 12.6 Å². The first-order valence-corrected chi connectivity index (χ1v) is 5.71. The monoisotopic (exact) mass is 281 g/mol. The molecule has 2 aromatic rings. The molecule has 0 radical (unpaired) electrons. The predicted octanol–water partition coefficient (Wildman–Crippen LogP) is 3.39. The van der Waals surface area contributed by atoms with Gasteiger partial charge < -0.3 is 5.11 Å². The molecule has 0 saturated heterocycles. The molecule has 20 heavy (non-hydrogen) atoms. The number of alkyl halides is 3. The Morgan fingerprint density at radius 2 is 1.85 bits per heavy atom. The Hall–Kier alpha value is -2.37. The van der Waals surface area contributed by atoms with E-state index in [1.165, 1.54) is 12.1 Å². The van der Waals surface area contributed by atoms with Gasteiger partial charge in [-0.1, -0.05) is 30.3 Å². The van der Waals surface area contributed by atoms with E-state index in [0.717, 1.165) is 12.3 Å². The minimum atomic E-state index is -4.59. The van der Waals surface area contributed by atoms with Crippen LogP contribution in [0.3, 0.4) is 0 Å². The van der Waals surface area contributed by atoms with Crippen molar-refractivity contribution in [1.29, 1.82) is 0 Å². The molecule has 1 aromatic carbocycles. The Balaban J connectivity index is 2.55. The maximum absolute atomic E-state index is 13.1. The molecule has 0 unspecified atom stereocenters.